The van der Waals surface area contributed by atoms with Crippen molar-refractivity contribution in [1.82, 2.24) is 10.2 Å². The molecular weight excluding hydrogens is 251 g/mol. The fraction of sp³-hybridized carbons (Fsp3) is 0.385. The fourth-order valence-electron chi connectivity index (χ4n) is 1.62. The number of hydrogen-bond acceptors (Lipinski definition) is 3. The van der Waals surface area contributed by atoms with Crippen LogP contribution in [0.3, 0.4) is 0 Å². The number of halogens is 1. The molecule has 2 amide bonds. The summed E-state index contributed by atoms with van der Waals surface area (Å²) in [7, 11) is 1.47. The van der Waals surface area contributed by atoms with Gasteiger partial charge in [-0.05, 0) is 18.6 Å². The summed E-state index contributed by atoms with van der Waals surface area (Å²) in [6.07, 6.45) is 0.655. The topological polar surface area (TPSA) is 69.6 Å². The molecule has 0 saturated heterocycles. The highest BCUT2D eigenvalue weighted by Gasteiger charge is 2.20. The van der Waals surface area contributed by atoms with E-state index in [-0.39, 0.29) is 23.8 Å². The van der Waals surface area contributed by atoms with Gasteiger partial charge in [0, 0.05) is 19.7 Å². The van der Waals surface area contributed by atoms with Crippen LogP contribution in [-0.2, 0) is 4.79 Å². The fourth-order valence-corrected chi connectivity index (χ4v) is 1.62. The average Bonchev–Trinajstić information content (AvgIpc) is 2.37. The molecule has 0 aliphatic rings. The predicted molar refractivity (Wildman–Crippen MR) is 68.3 cm³/mol. The second kappa shape index (κ2) is 6.72. The molecule has 0 radical (unpaired) electrons. The maximum Gasteiger partial charge on any atom is 0.257 e. The van der Waals surface area contributed by atoms with Crippen LogP contribution in [0.5, 0.6) is 5.75 Å². The molecule has 0 aliphatic carbocycles. The summed E-state index contributed by atoms with van der Waals surface area (Å²) in [5.41, 5.74) is -0.157. The molecule has 19 heavy (non-hydrogen) atoms. The number of nitrogens with zero attached hydrogens (tertiary/aromatic N) is 1. The van der Waals surface area contributed by atoms with E-state index in [1.54, 1.807) is 0 Å². The maximum absolute atomic E-state index is 13.6. The Hall–Kier alpha value is -2.11. The molecule has 6 heteroatoms. The number of amides is 2. The first-order chi connectivity index (χ1) is 8.99. The highest BCUT2D eigenvalue weighted by Crippen LogP contribution is 2.16. The zero-order chi connectivity index (χ0) is 14.4. The molecular formula is C13H17FN2O3. The zero-order valence-corrected chi connectivity index (χ0v) is 10.9. The highest BCUT2D eigenvalue weighted by molar-refractivity contribution is 5.96. The molecule has 0 aromatic heterocycles. The van der Waals surface area contributed by atoms with Crippen LogP contribution in [0, 0.1) is 5.82 Å². The van der Waals surface area contributed by atoms with Crippen molar-refractivity contribution in [1.29, 1.82) is 0 Å². The van der Waals surface area contributed by atoms with Crippen LogP contribution < -0.4 is 5.32 Å². The van der Waals surface area contributed by atoms with Crippen molar-refractivity contribution in [3.8, 4) is 5.75 Å². The van der Waals surface area contributed by atoms with E-state index in [1.165, 1.54) is 24.1 Å². The molecule has 1 aromatic rings. The van der Waals surface area contributed by atoms with E-state index in [2.05, 4.69) is 5.32 Å². The third-order valence-electron chi connectivity index (χ3n) is 2.58. The Morgan fingerprint density at radius 1 is 1.42 bits per heavy atom. The molecule has 0 aliphatic heterocycles. The van der Waals surface area contributed by atoms with Crippen LogP contribution in [0.15, 0.2) is 18.2 Å². The Kier molecular flexibility index (Phi) is 5.29. The first kappa shape index (κ1) is 14.9. The lowest BCUT2D eigenvalue weighted by atomic mass is 10.1. The molecule has 0 fully saturated rings. The lowest BCUT2D eigenvalue weighted by Crippen LogP contribution is -2.40. The van der Waals surface area contributed by atoms with Crippen LogP contribution in [0.4, 0.5) is 4.39 Å². The van der Waals surface area contributed by atoms with E-state index >= 15 is 0 Å². The second-order valence-electron chi connectivity index (χ2n) is 4.06. The van der Waals surface area contributed by atoms with Gasteiger partial charge in [0.2, 0.25) is 5.91 Å². The van der Waals surface area contributed by atoms with Crippen molar-refractivity contribution < 1.29 is 19.1 Å². The van der Waals surface area contributed by atoms with Gasteiger partial charge in [-0.25, -0.2) is 4.39 Å². The first-order valence-corrected chi connectivity index (χ1v) is 5.98. The van der Waals surface area contributed by atoms with Gasteiger partial charge >= 0.3 is 0 Å². The normalized spacial score (nSPS) is 10.1. The lowest BCUT2D eigenvalue weighted by Gasteiger charge is -2.21. The van der Waals surface area contributed by atoms with Crippen LogP contribution >= 0.6 is 0 Å². The van der Waals surface area contributed by atoms with Crippen LogP contribution in [0.25, 0.3) is 0 Å². The third kappa shape index (κ3) is 3.94. The van der Waals surface area contributed by atoms with Crippen molar-refractivity contribution >= 4 is 11.8 Å². The van der Waals surface area contributed by atoms with Gasteiger partial charge in [0.05, 0.1) is 12.1 Å². The summed E-state index contributed by atoms with van der Waals surface area (Å²) in [6, 6.07) is 3.32. The number of phenols is 1. The second-order valence-corrected chi connectivity index (χ2v) is 4.06. The Bertz CT molecular complexity index is 477. The largest absolute Gasteiger partial charge is 0.508 e. The number of rotatable bonds is 5. The Balaban J connectivity index is 2.95. The van der Waals surface area contributed by atoms with Crippen molar-refractivity contribution in [3.05, 3.63) is 29.6 Å². The molecule has 0 heterocycles. The summed E-state index contributed by atoms with van der Waals surface area (Å²) in [4.78, 5) is 24.7. The van der Waals surface area contributed by atoms with E-state index in [0.29, 0.717) is 13.0 Å². The van der Waals surface area contributed by atoms with Gasteiger partial charge in [0.15, 0.2) is 0 Å². The summed E-state index contributed by atoms with van der Waals surface area (Å²) >= 11 is 0. The summed E-state index contributed by atoms with van der Waals surface area (Å²) < 4.78 is 13.6. The minimum Gasteiger partial charge on any atom is -0.508 e. The molecule has 0 bridgehead atoms. The third-order valence-corrected chi connectivity index (χ3v) is 2.58. The minimum atomic E-state index is -0.803. The number of carbonyl (C=O) groups is 2. The Labute approximate surface area is 111 Å². The monoisotopic (exact) mass is 268 g/mol. The van der Waals surface area contributed by atoms with E-state index in [1.807, 2.05) is 6.92 Å². The van der Waals surface area contributed by atoms with Gasteiger partial charge in [-0.1, -0.05) is 6.92 Å². The van der Waals surface area contributed by atoms with Gasteiger partial charge in [0.1, 0.15) is 11.6 Å². The molecule has 0 saturated carbocycles. The average molecular weight is 268 g/mol. The maximum atomic E-state index is 13.6. The number of carbonyl (C=O) groups excluding carboxylic acids is 2. The molecule has 5 nitrogen and oxygen atoms in total. The minimum absolute atomic E-state index is 0.122. The molecule has 0 atom stereocenters. The summed E-state index contributed by atoms with van der Waals surface area (Å²) in [5.74, 6) is -1.94. The number of benzene rings is 1. The molecule has 2 N–H and O–H groups in total. The first-order valence-electron chi connectivity index (χ1n) is 5.98. The molecule has 0 spiro atoms. The van der Waals surface area contributed by atoms with Crippen LogP contribution in [0.1, 0.15) is 23.7 Å². The van der Waals surface area contributed by atoms with Crippen molar-refractivity contribution in [3.63, 3.8) is 0 Å². The Morgan fingerprint density at radius 2 is 2.11 bits per heavy atom. The van der Waals surface area contributed by atoms with E-state index in [0.717, 1.165) is 6.07 Å². The highest BCUT2D eigenvalue weighted by atomic mass is 19.1. The van der Waals surface area contributed by atoms with Crippen molar-refractivity contribution in [2.45, 2.75) is 13.3 Å². The van der Waals surface area contributed by atoms with Crippen LogP contribution in [0.2, 0.25) is 0 Å². The molecule has 0 unspecified atom stereocenters. The van der Waals surface area contributed by atoms with E-state index < -0.39 is 11.7 Å². The number of phenolic OH excluding ortho intramolecular Hbond substituents is 1. The zero-order valence-electron chi connectivity index (χ0n) is 10.9. The van der Waals surface area contributed by atoms with Gasteiger partial charge < -0.3 is 15.3 Å². The standard InChI is InChI=1S/C13H17FN2O3/c1-3-6-16(8-12(18)15-2)13(19)10-5-4-9(17)7-11(10)14/h4-5,7,17H,3,6,8H2,1-2H3,(H,15,18). The molecule has 104 valence electrons. The number of aromatic hydroxyl groups is 1. The number of nitrogens with one attached hydrogen (secondary N) is 1. The van der Waals surface area contributed by atoms with Gasteiger partial charge in [-0.2, -0.15) is 0 Å². The van der Waals surface area contributed by atoms with Gasteiger partial charge in [0.25, 0.3) is 5.91 Å². The lowest BCUT2D eigenvalue weighted by molar-refractivity contribution is -0.121. The number of likely N-dealkylation sites (N-methyl/N-ethyl adjacent to an activating group) is 1. The summed E-state index contributed by atoms with van der Waals surface area (Å²) in [6.45, 7) is 2.09. The van der Waals surface area contributed by atoms with Crippen molar-refractivity contribution in [2.24, 2.45) is 0 Å². The quantitative estimate of drug-likeness (QED) is 0.841. The SMILES string of the molecule is CCCN(CC(=O)NC)C(=O)c1ccc(O)cc1F. The van der Waals surface area contributed by atoms with Crippen LogP contribution in [-0.4, -0.2) is 42.0 Å². The predicted octanol–water partition coefficient (Wildman–Crippen LogP) is 1.13. The van der Waals surface area contributed by atoms with Gasteiger partial charge in [-0.3, -0.25) is 9.59 Å². The smallest absolute Gasteiger partial charge is 0.257 e. The Morgan fingerprint density at radius 3 is 2.63 bits per heavy atom. The molecule has 1 rings (SSSR count). The van der Waals surface area contributed by atoms with Gasteiger partial charge in [-0.15, -0.1) is 0 Å². The summed E-state index contributed by atoms with van der Waals surface area (Å²) in [5, 5.41) is 11.5. The number of hydrogen-bond donors (Lipinski definition) is 2. The van der Waals surface area contributed by atoms with E-state index in [9.17, 15) is 14.0 Å². The van der Waals surface area contributed by atoms with E-state index in [4.69, 9.17) is 5.11 Å². The molecule has 1 aromatic carbocycles. The van der Waals surface area contributed by atoms with Crippen molar-refractivity contribution in [2.75, 3.05) is 20.1 Å².